The van der Waals surface area contributed by atoms with Crippen molar-refractivity contribution in [2.75, 3.05) is 32.7 Å². The maximum Gasteiger partial charge on any atom is 0.224 e. The van der Waals surface area contributed by atoms with E-state index < -0.39 is 0 Å². The molecule has 0 aliphatic carbocycles. The number of nitrogens with one attached hydrogen (secondary N) is 1. The van der Waals surface area contributed by atoms with Gasteiger partial charge in [-0.25, -0.2) is 4.98 Å². The number of rotatable bonds is 7. The SMILES string of the molecule is O=C(NCc1nccs1)[C@H]1CCCN(C2CCN(CCc3ccccc3)CC2)C1. The summed E-state index contributed by atoms with van der Waals surface area (Å²) in [5, 5.41) is 6.03. The van der Waals surface area contributed by atoms with Crippen LogP contribution in [0.1, 0.15) is 36.3 Å². The van der Waals surface area contributed by atoms with E-state index >= 15 is 0 Å². The lowest BCUT2D eigenvalue weighted by Gasteiger charge is -2.42. The lowest BCUT2D eigenvalue weighted by Crippen LogP contribution is -2.50. The van der Waals surface area contributed by atoms with E-state index in [1.165, 1.54) is 31.5 Å². The van der Waals surface area contributed by atoms with Crippen molar-refractivity contribution in [1.82, 2.24) is 20.1 Å². The van der Waals surface area contributed by atoms with Crippen molar-refractivity contribution in [3.8, 4) is 0 Å². The summed E-state index contributed by atoms with van der Waals surface area (Å²) in [5.74, 6) is 0.324. The Kier molecular flexibility index (Phi) is 7.30. The van der Waals surface area contributed by atoms with Gasteiger partial charge >= 0.3 is 0 Å². The van der Waals surface area contributed by atoms with Crippen molar-refractivity contribution >= 4 is 17.2 Å². The molecule has 6 heteroatoms. The number of benzene rings is 1. The molecule has 0 unspecified atom stereocenters. The van der Waals surface area contributed by atoms with E-state index in [1.807, 2.05) is 5.38 Å². The van der Waals surface area contributed by atoms with Gasteiger partial charge in [-0.15, -0.1) is 11.3 Å². The molecule has 3 heterocycles. The lowest BCUT2D eigenvalue weighted by atomic mass is 9.93. The fraction of sp³-hybridized carbons (Fsp3) is 0.565. The van der Waals surface area contributed by atoms with Crippen LogP contribution in [0.25, 0.3) is 0 Å². The highest BCUT2D eigenvalue weighted by Crippen LogP contribution is 2.24. The quantitative estimate of drug-likeness (QED) is 0.759. The minimum absolute atomic E-state index is 0.125. The topological polar surface area (TPSA) is 48.5 Å². The van der Waals surface area contributed by atoms with E-state index in [1.54, 1.807) is 17.5 Å². The first-order chi connectivity index (χ1) is 14.3. The largest absolute Gasteiger partial charge is 0.349 e. The zero-order chi connectivity index (χ0) is 19.9. The number of hydrogen-bond acceptors (Lipinski definition) is 5. The van der Waals surface area contributed by atoms with Crippen LogP contribution in [0.5, 0.6) is 0 Å². The maximum absolute atomic E-state index is 12.6. The predicted octanol–water partition coefficient (Wildman–Crippen LogP) is 3.18. The Balaban J connectivity index is 1.19. The molecule has 1 aromatic carbocycles. The van der Waals surface area contributed by atoms with Gasteiger partial charge in [0.15, 0.2) is 0 Å². The van der Waals surface area contributed by atoms with Crippen LogP contribution in [-0.4, -0.2) is 59.5 Å². The minimum atomic E-state index is 0.125. The third kappa shape index (κ3) is 5.87. The molecule has 29 heavy (non-hydrogen) atoms. The van der Waals surface area contributed by atoms with Gasteiger partial charge in [0.25, 0.3) is 0 Å². The number of hydrogen-bond donors (Lipinski definition) is 1. The average molecular weight is 413 g/mol. The summed E-state index contributed by atoms with van der Waals surface area (Å²) in [5.41, 5.74) is 1.43. The van der Waals surface area contributed by atoms with Gasteiger partial charge in [-0.3, -0.25) is 9.69 Å². The molecule has 1 atom stereocenters. The fourth-order valence-electron chi connectivity index (χ4n) is 4.64. The van der Waals surface area contributed by atoms with Crippen LogP contribution in [0.2, 0.25) is 0 Å². The van der Waals surface area contributed by atoms with Crippen LogP contribution in [0.4, 0.5) is 0 Å². The van der Waals surface area contributed by atoms with E-state index in [0.717, 1.165) is 43.9 Å². The highest BCUT2D eigenvalue weighted by Gasteiger charge is 2.31. The molecular formula is C23H32N4OS. The number of likely N-dealkylation sites (tertiary alicyclic amines) is 2. The van der Waals surface area contributed by atoms with Crippen molar-refractivity contribution in [2.24, 2.45) is 5.92 Å². The number of amides is 1. The summed E-state index contributed by atoms with van der Waals surface area (Å²) in [6.45, 7) is 6.12. The van der Waals surface area contributed by atoms with E-state index in [0.29, 0.717) is 12.6 Å². The van der Waals surface area contributed by atoms with Gasteiger partial charge in [-0.2, -0.15) is 0 Å². The molecule has 1 N–H and O–H groups in total. The van der Waals surface area contributed by atoms with Gasteiger partial charge in [-0.1, -0.05) is 30.3 Å². The molecule has 2 fully saturated rings. The molecule has 0 radical (unpaired) electrons. The van der Waals surface area contributed by atoms with E-state index in [9.17, 15) is 4.79 Å². The second-order valence-electron chi connectivity index (χ2n) is 8.29. The summed E-state index contributed by atoms with van der Waals surface area (Å²) < 4.78 is 0. The number of carbonyl (C=O) groups is 1. The highest BCUT2D eigenvalue weighted by atomic mass is 32.1. The summed E-state index contributed by atoms with van der Waals surface area (Å²) >= 11 is 1.60. The lowest BCUT2D eigenvalue weighted by molar-refractivity contribution is -0.127. The van der Waals surface area contributed by atoms with E-state index in [-0.39, 0.29) is 11.8 Å². The standard InChI is InChI=1S/C23H32N4OS/c28-23(25-17-22-24-11-16-29-22)20-7-4-12-27(18-20)21-9-14-26(15-10-21)13-8-19-5-2-1-3-6-19/h1-3,5-6,11,16,20-21H,4,7-10,12-15,17-18H2,(H,25,28)/t20-/m0/s1. The van der Waals surface area contributed by atoms with Gasteiger partial charge < -0.3 is 10.2 Å². The number of thiazole rings is 1. The summed E-state index contributed by atoms with van der Waals surface area (Å²) in [6, 6.07) is 11.4. The molecule has 2 aliphatic heterocycles. The second-order valence-corrected chi connectivity index (χ2v) is 9.27. The molecule has 0 spiro atoms. The van der Waals surface area contributed by atoms with Crippen molar-refractivity contribution in [2.45, 2.75) is 44.7 Å². The highest BCUT2D eigenvalue weighted by molar-refractivity contribution is 7.09. The Bertz CT molecular complexity index is 744. The number of piperidine rings is 2. The first-order valence-corrected chi connectivity index (χ1v) is 11.8. The first-order valence-electron chi connectivity index (χ1n) is 10.9. The molecule has 156 valence electrons. The predicted molar refractivity (Wildman–Crippen MR) is 118 cm³/mol. The van der Waals surface area contributed by atoms with Crippen LogP contribution in [0.3, 0.4) is 0 Å². The van der Waals surface area contributed by atoms with Gasteiger partial charge in [0, 0.05) is 30.7 Å². The number of nitrogens with zero attached hydrogens (tertiary/aromatic N) is 3. The molecule has 0 saturated carbocycles. The van der Waals surface area contributed by atoms with Crippen LogP contribution in [0, 0.1) is 5.92 Å². The zero-order valence-electron chi connectivity index (χ0n) is 17.1. The third-order valence-electron chi connectivity index (χ3n) is 6.35. The minimum Gasteiger partial charge on any atom is -0.349 e. The monoisotopic (exact) mass is 412 g/mol. The summed E-state index contributed by atoms with van der Waals surface area (Å²) in [6.07, 6.45) is 7.52. The molecule has 0 bridgehead atoms. The normalized spacial score (nSPS) is 21.9. The average Bonchev–Trinajstić information content (AvgIpc) is 3.31. The van der Waals surface area contributed by atoms with E-state index in [4.69, 9.17) is 0 Å². The van der Waals surface area contributed by atoms with Crippen molar-refractivity contribution in [1.29, 1.82) is 0 Å². The number of aromatic nitrogens is 1. The summed E-state index contributed by atoms with van der Waals surface area (Å²) in [4.78, 5) is 22.1. The van der Waals surface area contributed by atoms with E-state index in [2.05, 4.69) is 50.4 Å². The van der Waals surface area contributed by atoms with Gasteiger partial charge in [0.05, 0.1) is 12.5 Å². The molecule has 1 aromatic heterocycles. The van der Waals surface area contributed by atoms with Crippen LogP contribution >= 0.6 is 11.3 Å². The van der Waals surface area contributed by atoms with Crippen molar-refractivity contribution < 1.29 is 4.79 Å². The van der Waals surface area contributed by atoms with Gasteiger partial charge in [-0.05, 0) is 57.3 Å². The smallest absolute Gasteiger partial charge is 0.224 e. The Morgan fingerprint density at radius 3 is 2.72 bits per heavy atom. The van der Waals surface area contributed by atoms with Crippen molar-refractivity contribution in [3.63, 3.8) is 0 Å². The van der Waals surface area contributed by atoms with Gasteiger partial charge in [0.1, 0.15) is 5.01 Å². The zero-order valence-corrected chi connectivity index (χ0v) is 17.9. The fourth-order valence-corrected chi connectivity index (χ4v) is 5.20. The van der Waals surface area contributed by atoms with Crippen LogP contribution < -0.4 is 5.32 Å². The molecule has 1 amide bonds. The maximum atomic E-state index is 12.6. The molecule has 5 nitrogen and oxygen atoms in total. The Hall–Kier alpha value is -1.76. The van der Waals surface area contributed by atoms with Crippen LogP contribution in [0.15, 0.2) is 41.9 Å². The van der Waals surface area contributed by atoms with Gasteiger partial charge in [0.2, 0.25) is 5.91 Å². The third-order valence-corrected chi connectivity index (χ3v) is 7.13. The number of carbonyl (C=O) groups excluding carboxylic acids is 1. The Morgan fingerprint density at radius 1 is 1.14 bits per heavy atom. The molecule has 2 aliphatic rings. The Morgan fingerprint density at radius 2 is 1.97 bits per heavy atom. The molecule has 2 saturated heterocycles. The molecular weight excluding hydrogens is 380 g/mol. The molecule has 4 rings (SSSR count). The molecule has 2 aromatic rings. The van der Waals surface area contributed by atoms with Crippen molar-refractivity contribution in [3.05, 3.63) is 52.5 Å². The first kappa shape index (κ1) is 20.5. The second kappa shape index (κ2) is 10.3. The van der Waals surface area contributed by atoms with Crippen LogP contribution in [-0.2, 0) is 17.8 Å². The summed E-state index contributed by atoms with van der Waals surface area (Å²) in [7, 11) is 0. The Labute approximate surface area is 178 Å².